The SMILES string of the molecule is COc1cc2c(cc1-c1c(C)noc1C)[nH]c1nc(C)nc(-c3c(C)nn(-c4ccncc4)c3C)c12. The van der Waals surface area contributed by atoms with Gasteiger partial charge in [0, 0.05) is 34.4 Å². The number of ether oxygens (including phenoxy) is 1. The Kier molecular flexibility index (Phi) is 4.89. The molecule has 0 radical (unpaired) electrons. The third-order valence-corrected chi connectivity index (χ3v) is 6.62. The maximum Gasteiger partial charge on any atom is 0.142 e. The van der Waals surface area contributed by atoms with Crippen molar-refractivity contribution in [3.63, 3.8) is 0 Å². The van der Waals surface area contributed by atoms with Crippen LogP contribution in [0.1, 0.15) is 28.7 Å². The number of nitrogens with zero attached hydrogens (tertiary/aromatic N) is 6. The lowest BCUT2D eigenvalue weighted by Gasteiger charge is -2.10. The van der Waals surface area contributed by atoms with Gasteiger partial charge >= 0.3 is 0 Å². The molecule has 0 unspecified atom stereocenters. The van der Waals surface area contributed by atoms with Gasteiger partial charge in [-0.1, -0.05) is 5.16 Å². The zero-order chi connectivity index (χ0) is 25.1. The molecule has 0 bridgehead atoms. The van der Waals surface area contributed by atoms with Crippen LogP contribution < -0.4 is 4.74 Å². The highest BCUT2D eigenvalue weighted by molar-refractivity contribution is 6.14. The second-order valence-corrected chi connectivity index (χ2v) is 8.93. The number of pyridine rings is 1. The highest BCUT2D eigenvalue weighted by atomic mass is 16.5. The number of fused-ring (bicyclic) bond motifs is 3. The van der Waals surface area contributed by atoms with E-state index in [1.54, 1.807) is 19.5 Å². The van der Waals surface area contributed by atoms with Crippen LogP contribution in [0.25, 0.3) is 50.0 Å². The zero-order valence-corrected chi connectivity index (χ0v) is 21.0. The summed E-state index contributed by atoms with van der Waals surface area (Å²) in [6.45, 7) is 9.81. The molecule has 36 heavy (non-hydrogen) atoms. The van der Waals surface area contributed by atoms with E-state index in [-0.39, 0.29) is 0 Å². The van der Waals surface area contributed by atoms with Crippen LogP contribution in [0.5, 0.6) is 5.75 Å². The molecule has 1 aromatic carbocycles. The first kappa shape index (κ1) is 22.0. The summed E-state index contributed by atoms with van der Waals surface area (Å²) >= 11 is 0. The molecule has 180 valence electrons. The molecule has 0 spiro atoms. The van der Waals surface area contributed by atoms with Crippen molar-refractivity contribution in [3.05, 3.63) is 65.3 Å². The van der Waals surface area contributed by atoms with E-state index in [1.807, 2.05) is 50.6 Å². The van der Waals surface area contributed by atoms with E-state index in [0.717, 1.165) is 78.6 Å². The van der Waals surface area contributed by atoms with Crippen molar-refractivity contribution in [3.8, 4) is 33.8 Å². The highest BCUT2D eigenvalue weighted by Crippen LogP contribution is 2.42. The number of aromatic amines is 1. The van der Waals surface area contributed by atoms with Gasteiger partial charge in [-0.05, 0) is 58.9 Å². The first-order valence-electron chi connectivity index (χ1n) is 11.7. The number of rotatable bonds is 4. The lowest BCUT2D eigenvalue weighted by atomic mass is 9.99. The standard InChI is InChI=1S/C27H25N7O2/c1-13-23(15(3)34(32-13)18-7-9-28-10-8-18)26-25-19-12-22(35-6)20(24-14(2)33-36-16(24)4)11-21(19)31-27(25)30-17(5)29-26/h7-12H,1-6H3,(H,29,30,31). The number of methoxy groups -OCH3 is 1. The maximum atomic E-state index is 5.84. The number of aromatic nitrogens is 7. The second-order valence-electron chi connectivity index (χ2n) is 8.93. The predicted octanol–water partition coefficient (Wildman–Crippen LogP) is 5.56. The summed E-state index contributed by atoms with van der Waals surface area (Å²) in [5, 5.41) is 10.9. The summed E-state index contributed by atoms with van der Waals surface area (Å²) in [6.07, 6.45) is 3.53. The zero-order valence-electron chi connectivity index (χ0n) is 21.0. The molecule has 0 saturated carbocycles. The van der Waals surface area contributed by atoms with E-state index in [0.29, 0.717) is 5.82 Å². The lowest BCUT2D eigenvalue weighted by molar-refractivity contribution is 0.393. The molecule has 0 aliphatic rings. The van der Waals surface area contributed by atoms with E-state index < -0.39 is 0 Å². The van der Waals surface area contributed by atoms with Crippen LogP contribution in [0.3, 0.4) is 0 Å². The van der Waals surface area contributed by atoms with E-state index in [2.05, 4.69) is 28.1 Å². The summed E-state index contributed by atoms with van der Waals surface area (Å²) in [7, 11) is 1.67. The molecule has 0 atom stereocenters. The van der Waals surface area contributed by atoms with Crippen LogP contribution in [0, 0.1) is 34.6 Å². The largest absolute Gasteiger partial charge is 0.496 e. The minimum absolute atomic E-state index is 0.678. The Bertz CT molecular complexity index is 1760. The molecule has 0 aliphatic heterocycles. The van der Waals surface area contributed by atoms with Gasteiger partial charge in [-0.2, -0.15) is 5.10 Å². The van der Waals surface area contributed by atoms with Crippen molar-refractivity contribution in [1.82, 2.24) is 34.9 Å². The van der Waals surface area contributed by atoms with Gasteiger partial charge in [0.05, 0.1) is 46.5 Å². The fraction of sp³-hybridized carbons (Fsp3) is 0.222. The Balaban J connectivity index is 1.65. The van der Waals surface area contributed by atoms with Crippen molar-refractivity contribution in [2.45, 2.75) is 34.6 Å². The molecule has 0 amide bonds. The Morgan fingerprint density at radius 2 is 1.72 bits per heavy atom. The van der Waals surface area contributed by atoms with Gasteiger partial charge in [-0.3, -0.25) is 4.98 Å². The first-order valence-corrected chi connectivity index (χ1v) is 11.7. The normalized spacial score (nSPS) is 11.6. The average molecular weight is 480 g/mol. The van der Waals surface area contributed by atoms with Crippen LogP contribution in [-0.4, -0.2) is 42.0 Å². The Morgan fingerprint density at radius 3 is 2.42 bits per heavy atom. The third-order valence-electron chi connectivity index (χ3n) is 6.62. The number of hydrogen-bond acceptors (Lipinski definition) is 7. The first-order chi connectivity index (χ1) is 17.4. The van der Waals surface area contributed by atoms with Gasteiger partial charge in [0.1, 0.15) is 23.0 Å². The van der Waals surface area contributed by atoms with Gasteiger partial charge < -0.3 is 14.2 Å². The molecular weight excluding hydrogens is 454 g/mol. The average Bonchev–Trinajstić information content (AvgIpc) is 3.49. The molecule has 9 nitrogen and oxygen atoms in total. The van der Waals surface area contributed by atoms with Crippen LogP contribution in [-0.2, 0) is 0 Å². The topological polar surface area (TPSA) is 108 Å². The van der Waals surface area contributed by atoms with Crippen LogP contribution in [0.2, 0.25) is 0 Å². The van der Waals surface area contributed by atoms with Crippen molar-refractivity contribution >= 4 is 21.9 Å². The summed E-state index contributed by atoms with van der Waals surface area (Å²) < 4.78 is 13.2. The van der Waals surface area contributed by atoms with Crippen molar-refractivity contribution < 1.29 is 9.26 Å². The molecule has 1 N–H and O–H groups in total. The number of H-pyrrole nitrogens is 1. The van der Waals surface area contributed by atoms with E-state index in [9.17, 15) is 0 Å². The van der Waals surface area contributed by atoms with Crippen LogP contribution in [0.15, 0.2) is 41.2 Å². The van der Waals surface area contributed by atoms with Gasteiger partial charge in [0.25, 0.3) is 0 Å². The molecule has 5 aromatic heterocycles. The van der Waals surface area contributed by atoms with E-state index in [1.165, 1.54) is 0 Å². The minimum atomic E-state index is 0.678. The molecule has 9 heteroatoms. The quantitative estimate of drug-likeness (QED) is 0.352. The number of hydrogen-bond donors (Lipinski definition) is 1. The highest BCUT2D eigenvalue weighted by Gasteiger charge is 2.24. The smallest absolute Gasteiger partial charge is 0.142 e. The fourth-order valence-corrected chi connectivity index (χ4v) is 5.07. The predicted molar refractivity (Wildman–Crippen MR) is 137 cm³/mol. The van der Waals surface area contributed by atoms with Crippen molar-refractivity contribution in [2.24, 2.45) is 0 Å². The van der Waals surface area contributed by atoms with Crippen molar-refractivity contribution in [2.75, 3.05) is 7.11 Å². The van der Waals surface area contributed by atoms with E-state index >= 15 is 0 Å². The lowest BCUT2D eigenvalue weighted by Crippen LogP contribution is -1.99. The Morgan fingerprint density at radius 1 is 0.944 bits per heavy atom. The van der Waals surface area contributed by atoms with Gasteiger partial charge in [0.2, 0.25) is 0 Å². The third kappa shape index (κ3) is 3.19. The second kappa shape index (κ2) is 8.01. The Labute approximate surface area is 207 Å². The maximum absolute atomic E-state index is 5.84. The fourth-order valence-electron chi connectivity index (χ4n) is 5.07. The molecular formula is C27H25N7O2. The van der Waals surface area contributed by atoms with Crippen LogP contribution >= 0.6 is 0 Å². The number of aryl methyl sites for hydroxylation is 4. The summed E-state index contributed by atoms with van der Waals surface area (Å²) in [4.78, 5) is 17.3. The number of nitrogens with one attached hydrogen (secondary N) is 1. The van der Waals surface area contributed by atoms with Gasteiger partial charge in [-0.15, -0.1) is 0 Å². The van der Waals surface area contributed by atoms with Gasteiger partial charge in [0.15, 0.2) is 0 Å². The molecule has 0 saturated heterocycles. The molecule has 6 rings (SSSR count). The van der Waals surface area contributed by atoms with Gasteiger partial charge in [-0.25, -0.2) is 14.6 Å². The number of benzene rings is 1. The minimum Gasteiger partial charge on any atom is -0.496 e. The van der Waals surface area contributed by atoms with Crippen LogP contribution in [0.4, 0.5) is 0 Å². The van der Waals surface area contributed by atoms with E-state index in [4.69, 9.17) is 24.3 Å². The molecule has 0 fully saturated rings. The molecule has 0 aliphatic carbocycles. The summed E-state index contributed by atoms with van der Waals surface area (Å²) in [5.41, 5.74) is 9.00. The summed E-state index contributed by atoms with van der Waals surface area (Å²) in [5.74, 6) is 2.15. The monoisotopic (exact) mass is 479 g/mol. The van der Waals surface area contributed by atoms with Crippen molar-refractivity contribution in [1.29, 1.82) is 0 Å². The molecule has 6 aromatic rings. The molecule has 5 heterocycles. The Hall–Kier alpha value is -4.53. The summed E-state index contributed by atoms with van der Waals surface area (Å²) in [6, 6.07) is 7.99.